The van der Waals surface area contributed by atoms with Gasteiger partial charge in [0.1, 0.15) is 0 Å². The van der Waals surface area contributed by atoms with Gasteiger partial charge in [0.2, 0.25) is 5.91 Å². The van der Waals surface area contributed by atoms with Crippen molar-refractivity contribution in [2.45, 2.75) is 38.8 Å². The second-order valence-electron chi connectivity index (χ2n) is 6.20. The predicted octanol–water partition coefficient (Wildman–Crippen LogP) is 3.88. The zero-order valence-electron chi connectivity index (χ0n) is 12.1. The number of nitrogens with zero attached hydrogens (tertiary/aromatic N) is 1. The molecule has 1 saturated heterocycles. The van der Waals surface area contributed by atoms with E-state index in [0.717, 1.165) is 10.0 Å². The number of halogens is 2. The van der Waals surface area contributed by atoms with Crippen LogP contribution in [0, 0.1) is 5.92 Å². The summed E-state index contributed by atoms with van der Waals surface area (Å²) in [5.74, 6) is -1.85. The Morgan fingerprint density at radius 1 is 1.43 bits per heavy atom. The van der Waals surface area contributed by atoms with E-state index in [-0.39, 0.29) is 12.3 Å². The monoisotopic (exact) mass is 373 g/mol. The molecule has 0 bridgehead atoms. The fraction of sp³-hybridized carbons (Fsp3) is 0.467. The maximum Gasteiger partial charge on any atom is 0.309 e. The number of carbonyl (C=O) groups excluding carboxylic acids is 1. The Kier molecular flexibility index (Phi) is 4.36. The van der Waals surface area contributed by atoms with Crippen LogP contribution in [-0.4, -0.2) is 27.4 Å². The van der Waals surface area contributed by atoms with Crippen LogP contribution in [0.4, 0.5) is 0 Å². The van der Waals surface area contributed by atoms with Gasteiger partial charge in [-0.05, 0) is 54.4 Å². The third-order valence-electron chi connectivity index (χ3n) is 3.65. The van der Waals surface area contributed by atoms with E-state index in [2.05, 4.69) is 15.9 Å². The van der Waals surface area contributed by atoms with E-state index in [0.29, 0.717) is 5.02 Å². The van der Waals surface area contributed by atoms with E-state index in [1.165, 1.54) is 0 Å². The second kappa shape index (κ2) is 5.61. The lowest BCUT2D eigenvalue weighted by atomic mass is 9.92. The first-order chi connectivity index (χ1) is 9.62. The molecule has 21 heavy (non-hydrogen) atoms. The zero-order valence-corrected chi connectivity index (χ0v) is 14.4. The van der Waals surface area contributed by atoms with Crippen LogP contribution in [0.1, 0.15) is 38.8 Å². The third-order valence-corrected chi connectivity index (χ3v) is 4.88. The molecule has 2 unspecified atom stereocenters. The van der Waals surface area contributed by atoms with Gasteiger partial charge in [0.05, 0.1) is 17.0 Å². The molecule has 1 heterocycles. The topological polar surface area (TPSA) is 57.6 Å². The van der Waals surface area contributed by atoms with Crippen molar-refractivity contribution in [2.24, 2.45) is 5.92 Å². The summed E-state index contributed by atoms with van der Waals surface area (Å²) in [4.78, 5) is 25.5. The average Bonchev–Trinajstić information content (AvgIpc) is 2.70. The molecule has 1 aliphatic heterocycles. The van der Waals surface area contributed by atoms with E-state index >= 15 is 0 Å². The highest BCUT2D eigenvalue weighted by Gasteiger charge is 2.48. The summed E-state index contributed by atoms with van der Waals surface area (Å²) < 4.78 is 0.742. The molecule has 0 saturated carbocycles. The van der Waals surface area contributed by atoms with E-state index in [1.54, 1.807) is 17.0 Å². The summed E-state index contributed by atoms with van der Waals surface area (Å²) in [5.41, 5.74) is 0.294. The molecule has 1 fully saturated rings. The lowest BCUT2D eigenvalue weighted by Crippen LogP contribution is -2.44. The van der Waals surface area contributed by atoms with Gasteiger partial charge in [-0.1, -0.05) is 17.7 Å². The highest BCUT2D eigenvalue weighted by molar-refractivity contribution is 9.10. The summed E-state index contributed by atoms with van der Waals surface area (Å²) in [6.45, 7) is 5.72. The van der Waals surface area contributed by atoms with Gasteiger partial charge in [0, 0.05) is 16.4 Å². The van der Waals surface area contributed by atoms with E-state index < -0.39 is 23.5 Å². The van der Waals surface area contributed by atoms with E-state index in [9.17, 15) is 14.7 Å². The number of benzene rings is 1. The molecule has 1 aromatic rings. The minimum absolute atomic E-state index is 0.0188. The first-order valence-electron chi connectivity index (χ1n) is 6.63. The van der Waals surface area contributed by atoms with Crippen molar-refractivity contribution in [1.29, 1.82) is 0 Å². The first kappa shape index (κ1) is 16.3. The molecule has 2 rings (SSSR count). The largest absolute Gasteiger partial charge is 0.481 e. The molecule has 2 atom stereocenters. The van der Waals surface area contributed by atoms with Gasteiger partial charge in [-0.15, -0.1) is 0 Å². The normalized spacial score (nSPS) is 22.7. The van der Waals surface area contributed by atoms with Crippen LogP contribution in [0.2, 0.25) is 5.02 Å². The highest BCUT2D eigenvalue weighted by atomic mass is 79.9. The first-order valence-corrected chi connectivity index (χ1v) is 7.80. The number of likely N-dealkylation sites (tertiary alicyclic amines) is 1. The number of hydrogen-bond acceptors (Lipinski definition) is 2. The van der Waals surface area contributed by atoms with Crippen molar-refractivity contribution >= 4 is 39.4 Å². The smallest absolute Gasteiger partial charge is 0.309 e. The van der Waals surface area contributed by atoms with Crippen molar-refractivity contribution in [3.63, 3.8) is 0 Å². The van der Waals surface area contributed by atoms with Gasteiger partial charge in [-0.25, -0.2) is 0 Å². The number of carboxylic acid groups (broad SMARTS) is 1. The molecule has 0 radical (unpaired) electrons. The van der Waals surface area contributed by atoms with Crippen molar-refractivity contribution in [2.75, 3.05) is 0 Å². The maximum absolute atomic E-state index is 12.3. The van der Waals surface area contributed by atoms with Gasteiger partial charge < -0.3 is 10.0 Å². The number of hydrogen-bond donors (Lipinski definition) is 1. The van der Waals surface area contributed by atoms with Crippen LogP contribution in [-0.2, 0) is 9.59 Å². The molecular weight excluding hydrogens is 358 g/mol. The minimum Gasteiger partial charge on any atom is -0.481 e. The van der Waals surface area contributed by atoms with Crippen molar-refractivity contribution in [3.05, 3.63) is 33.3 Å². The van der Waals surface area contributed by atoms with Gasteiger partial charge in [-0.3, -0.25) is 9.59 Å². The quantitative estimate of drug-likeness (QED) is 0.855. The van der Waals surface area contributed by atoms with Gasteiger partial charge >= 0.3 is 5.97 Å². The van der Waals surface area contributed by atoms with E-state index in [1.807, 2.05) is 26.8 Å². The Labute approximate surface area is 137 Å². The number of rotatable bonds is 2. The van der Waals surface area contributed by atoms with Crippen LogP contribution in [0.15, 0.2) is 22.7 Å². The lowest BCUT2D eigenvalue weighted by Gasteiger charge is -2.38. The molecule has 1 aromatic carbocycles. The summed E-state index contributed by atoms with van der Waals surface area (Å²) in [7, 11) is 0. The average molecular weight is 375 g/mol. The van der Waals surface area contributed by atoms with Gasteiger partial charge in [0.25, 0.3) is 0 Å². The van der Waals surface area contributed by atoms with Crippen LogP contribution in [0.3, 0.4) is 0 Å². The SMILES string of the molecule is CC(C)(C)N1C(=O)CC(C(=O)O)C1c1ccc(Br)c(Cl)c1. The van der Waals surface area contributed by atoms with Gasteiger partial charge in [0.15, 0.2) is 0 Å². The molecule has 4 nitrogen and oxygen atoms in total. The molecule has 114 valence electrons. The minimum atomic E-state index is -0.959. The standard InChI is InChI=1S/C15H17BrClNO3/c1-15(2,3)18-12(19)7-9(14(20)21)13(18)8-4-5-10(16)11(17)6-8/h4-6,9,13H,7H2,1-3H3,(H,20,21). The fourth-order valence-electron chi connectivity index (χ4n) is 2.82. The Morgan fingerprint density at radius 3 is 2.52 bits per heavy atom. The number of amides is 1. The number of carbonyl (C=O) groups is 2. The van der Waals surface area contributed by atoms with E-state index in [4.69, 9.17) is 11.6 Å². The maximum atomic E-state index is 12.3. The lowest BCUT2D eigenvalue weighted by molar-refractivity contribution is -0.142. The molecule has 0 aliphatic carbocycles. The highest BCUT2D eigenvalue weighted by Crippen LogP contribution is 2.43. The Bertz CT molecular complexity index is 597. The Balaban J connectivity index is 2.54. The Morgan fingerprint density at radius 2 is 2.05 bits per heavy atom. The third kappa shape index (κ3) is 3.09. The van der Waals surface area contributed by atoms with Crippen molar-refractivity contribution in [3.8, 4) is 0 Å². The van der Waals surface area contributed by atoms with Crippen LogP contribution < -0.4 is 0 Å². The molecular formula is C15H17BrClNO3. The zero-order chi connectivity index (χ0) is 15.9. The van der Waals surface area contributed by atoms with Crippen molar-refractivity contribution < 1.29 is 14.7 Å². The number of aliphatic carboxylic acids is 1. The fourth-order valence-corrected chi connectivity index (χ4v) is 3.26. The number of carboxylic acids is 1. The second-order valence-corrected chi connectivity index (χ2v) is 7.46. The Hall–Kier alpha value is -1.07. The molecule has 6 heteroatoms. The van der Waals surface area contributed by atoms with Crippen molar-refractivity contribution in [1.82, 2.24) is 4.90 Å². The molecule has 0 aromatic heterocycles. The molecule has 1 N–H and O–H groups in total. The molecule has 1 aliphatic rings. The summed E-state index contributed by atoms with van der Waals surface area (Å²) in [5, 5.41) is 9.95. The summed E-state index contributed by atoms with van der Waals surface area (Å²) >= 11 is 9.44. The molecule has 0 spiro atoms. The van der Waals surface area contributed by atoms with Crippen LogP contribution in [0.5, 0.6) is 0 Å². The molecule has 1 amide bonds. The summed E-state index contributed by atoms with van der Waals surface area (Å²) in [6, 6.07) is 4.82. The summed E-state index contributed by atoms with van der Waals surface area (Å²) in [6.07, 6.45) is 0.0188. The van der Waals surface area contributed by atoms with Crippen LogP contribution in [0.25, 0.3) is 0 Å². The van der Waals surface area contributed by atoms with Crippen LogP contribution >= 0.6 is 27.5 Å². The predicted molar refractivity (Wildman–Crippen MR) is 84.2 cm³/mol. The van der Waals surface area contributed by atoms with Gasteiger partial charge in [-0.2, -0.15) is 0 Å².